The SMILES string of the molecule is Cc1scc2c1N(C(=O)CN1CCN(C)CC1)c1ccccc1NC2=O.Cl.Cl.Cl. The fourth-order valence-electron chi connectivity index (χ4n) is 3.50. The molecule has 0 radical (unpaired) electrons. The standard InChI is InChI=1S/C19H22N4O2S.3ClH/c1-13-18-14(12-26-13)19(25)20-15-5-3-4-6-16(15)23(18)17(24)11-22-9-7-21(2)8-10-22;;;/h3-6,12H,7-11H2,1-2H3,(H,20,25);3*1H. The van der Waals surface area contributed by atoms with Crippen molar-refractivity contribution >= 4 is 77.4 Å². The molecule has 0 unspecified atom stereocenters. The lowest BCUT2D eigenvalue weighted by Gasteiger charge is -2.33. The van der Waals surface area contributed by atoms with E-state index < -0.39 is 0 Å². The molecule has 1 fully saturated rings. The van der Waals surface area contributed by atoms with Crippen molar-refractivity contribution in [2.45, 2.75) is 6.92 Å². The average Bonchev–Trinajstić information content (AvgIpc) is 2.94. The molecule has 10 heteroatoms. The normalized spacial score (nSPS) is 16.2. The van der Waals surface area contributed by atoms with Gasteiger partial charge in [-0.05, 0) is 26.1 Å². The number of carbonyl (C=O) groups is 2. The monoisotopic (exact) mass is 478 g/mol. The number of fused-ring (bicyclic) bond motifs is 2. The maximum absolute atomic E-state index is 13.3. The molecule has 0 aliphatic carbocycles. The number of benzene rings is 1. The fraction of sp³-hybridized carbons (Fsp3) is 0.368. The molecular formula is C19H25Cl3N4O2S. The maximum Gasteiger partial charge on any atom is 0.258 e. The summed E-state index contributed by atoms with van der Waals surface area (Å²) >= 11 is 1.50. The third-order valence-electron chi connectivity index (χ3n) is 5.01. The minimum Gasteiger partial charge on any atom is -0.320 e. The summed E-state index contributed by atoms with van der Waals surface area (Å²) in [5.74, 6) is -0.159. The average molecular weight is 480 g/mol. The molecule has 2 aliphatic rings. The van der Waals surface area contributed by atoms with Crippen LogP contribution in [0.2, 0.25) is 0 Å². The number of piperazine rings is 1. The highest BCUT2D eigenvalue weighted by atomic mass is 35.5. The van der Waals surface area contributed by atoms with E-state index >= 15 is 0 Å². The third-order valence-corrected chi connectivity index (χ3v) is 5.91. The fourth-order valence-corrected chi connectivity index (χ4v) is 4.33. The number of para-hydroxylation sites is 2. The Kier molecular flexibility index (Phi) is 9.40. The zero-order chi connectivity index (χ0) is 18.3. The van der Waals surface area contributed by atoms with E-state index in [1.54, 1.807) is 4.90 Å². The lowest BCUT2D eigenvalue weighted by molar-refractivity contribution is -0.119. The Morgan fingerprint density at radius 1 is 1.10 bits per heavy atom. The van der Waals surface area contributed by atoms with Crippen LogP contribution in [-0.2, 0) is 4.79 Å². The minimum atomic E-state index is -0.160. The topological polar surface area (TPSA) is 55.9 Å². The molecule has 160 valence electrons. The molecule has 2 amide bonds. The summed E-state index contributed by atoms with van der Waals surface area (Å²) in [6.45, 7) is 6.00. The molecule has 0 atom stereocenters. The van der Waals surface area contributed by atoms with Crippen LogP contribution in [0.5, 0.6) is 0 Å². The van der Waals surface area contributed by atoms with Gasteiger partial charge in [-0.1, -0.05) is 12.1 Å². The van der Waals surface area contributed by atoms with Gasteiger partial charge in [0.05, 0.1) is 29.2 Å². The molecule has 1 N–H and O–H groups in total. The van der Waals surface area contributed by atoms with Crippen LogP contribution in [0.15, 0.2) is 29.6 Å². The van der Waals surface area contributed by atoms with Crippen LogP contribution >= 0.6 is 48.6 Å². The highest BCUT2D eigenvalue weighted by Crippen LogP contribution is 2.42. The number of amides is 2. The summed E-state index contributed by atoms with van der Waals surface area (Å²) in [6, 6.07) is 7.50. The summed E-state index contributed by atoms with van der Waals surface area (Å²) in [5.41, 5.74) is 2.69. The predicted molar refractivity (Wildman–Crippen MR) is 126 cm³/mol. The predicted octanol–water partition coefficient (Wildman–Crippen LogP) is 3.80. The minimum absolute atomic E-state index is 0. The summed E-state index contributed by atoms with van der Waals surface area (Å²) < 4.78 is 0. The first-order chi connectivity index (χ1) is 12.5. The highest BCUT2D eigenvalue weighted by molar-refractivity contribution is 7.11. The Hall–Kier alpha value is -1.35. The van der Waals surface area contributed by atoms with E-state index in [1.165, 1.54) is 11.3 Å². The quantitative estimate of drug-likeness (QED) is 0.712. The number of hydrogen-bond donors (Lipinski definition) is 1. The molecule has 1 saturated heterocycles. The second-order valence-corrected chi connectivity index (χ2v) is 7.92. The van der Waals surface area contributed by atoms with Gasteiger partial charge in [0, 0.05) is 36.4 Å². The van der Waals surface area contributed by atoms with Crippen LogP contribution in [0, 0.1) is 6.92 Å². The molecule has 29 heavy (non-hydrogen) atoms. The zero-order valence-corrected chi connectivity index (χ0v) is 19.5. The lowest BCUT2D eigenvalue weighted by Crippen LogP contribution is -2.48. The molecular weight excluding hydrogens is 455 g/mol. The van der Waals surface area contributed by atoms with Crippen LogP contribution < -0.4 is 10.2 Å². The second-order valence-electron chi connectivity index (χ2n) is 6.83. The van der Waals surface area contributed by atoms with Crippen molar-refractivity contribution in [3.63, 3.8) is 0 Å². The Bertz CT molecular complexity index is 869. The van der Waals surface area contributed by atoms with E-state index in [0.29, 0.717) is 17.8 Å². The summed E-state index contributed by atoms with van der Waals surface area (Å²) in [6.07, 6.45) is 0. The van der Waals surface area contributed by atoms with Crippen molar-refractivity contribution in [2.24, 2.45) is 0 Å². The lowest BCUT2D eigenvalue weighted by atomic mass is 10.2. The summed E-state index contributed by atoms with van der Waals surface area (Å²) in [7, 11) is 2.10. The van der Waals surface area contributed by atoms with E-state index in [0.717, 1.165) is 42.4 Å². The van der Waals surface area contributed by atoms with Gasteiger partial charge in [-0.15, -0.1) is 48.6 Å². The number of halogens is 3. The van der Waals surface area contributed by atoms with Crippen LogP contribution in [0.3, 0.4) is 0 Å². The highest BCUT2D eigenvalue weighted by Gasteiger charge is 2.32. The van der Waals surface area contributed by atoms with Gasteiger partial charge in [-0.25, -0.2) is 0 Å². The van der Waals surface area contributed by atoms with Crippen LogP contribution in [0.4, 0.5) is 17.1 Å². The number of nitrogens with zero attached hydrogens (tertiary/aromatic N) is 3. The van der Waals surface area contributed by atoms with Gasteiger partial charge in [0.25, 0.3) is 5.91 Å². The van der Waals surface area contributed by atoms with Gasteiger partial charge < -0.3 is 10.2 Å². The number of hydrogen-bond acceptors (Lipinski definition) is 5. The number of likely N-dealkylation sites (N-methyl/N-ethyl adjacent to an activating group) is 1. The largest absolute Gasteiger partial charge is 0.320 e. The number of anilines is 3. The van der Waals surface area contributed by atoms with E-state index in [-0.39, 0.29) is 49.0 Å². The first kappa shape index (κ1) is 25.7. The summed E-state index contributed by atoms with van der Waals surface area (Å²) in [4.78, 5) is 33.1. The van der Waals surface area contributed by atoms with Crippen LogP contribution in [-0.4, -0.2) is 61.4 Å². The Morgan fingerprint density at radius 3 is 2.45 bits per heavy atom. The molecule has 0 bridgehead atoms. The van der Waals surface area contributed by atoms with Crippen molar-refractivity contribution in [3.05, 3.63) is 40.1 Å². The van der Waals surface area contributed by atoms with Crippen molar-refractivity contribution in [2.75, 3.05) is 50.0 Å². The zero-order valence-electron chi connectivity index (χ0n) is 16.2. The molecule has 1 aromatic carbocycles. The molecule has 0 spiro atoms. The summed E-state index contributed by atoms with van der Waals surface area (Å²) in [5, 5.41) is 4.78. The molecule has 2 aromatic rings. The van der Waals surface area contributed by atoms with E-state index in [9.17, 15) is 9.59 Å². The second kappa shape index (κ2) is 10.6. The smallest absolute Gasteiger partial charge is 0.258 e. The number of nitrogens with one attached hydrogen (secondary N) is 1. The first-order valence-electron chi connectivity index (χ1n) is 8.77. The van der Waals surface area contributed by atoms with Gasteiger partial charge >= 0.3 is 0 Å². The van der Waals surface area contributed by atoms with E-state index in [2.05, 4.69) is 22.2 Å². The van der Waals surface area contributed by atoms with Crippen LogP contribution in [0.25, 0.3) is 0 Å². The van der Waals surface area contributed by atoms with Gasteiger partial charge in [0.1, 0.15) is 0 Å². The number of carbonyl (C=O) groups excluding carboxylic acids is 2. The third kappa shape index (κ3) is 5.05. The molecule has 4 rings (SSSR count). The van der Waals surface area contributed by atoms with Crippen molar-refractivity contribution in [1.29, 1.82) is 0 Å². The molecule has 3 heterocycles. The first-order valence-corrected chi connectivity index (χ1v) is 9.65. The van der Waals surface area contributed by atoms with E-state index in [4.69, 9.17) is 0 Å². The van der Waals surface area contributed by atoms with Crippen molar-refractivity contribution in [1.82, 2.24) is 9.80 Å². The Labute approximate surface area is 193 Å². The maximum atomic E-state index is 13.3. The molecule has 0 saturated carbocycles. The molecule has 6 nitrogen and oxygen atoms in total. The van der Waals surface area contributed by atoms with Crippen LogP contribution in [0.1, 0.15) is 15.2 Å². The van der Waals surface area contributed by atoms with Gasteiger partial charge in [-0.2, -0.15) is 0 Å². The van der Waals surface area contributed by atoms with Gasteiger partial charge in [0.2, 0.25) is 5.91 Å². The number of aryl methyl sites for hydroxylation is 1. The van der Waals surface area contributed by atoms with Crippen molar-refractivity contribution in [3.8, 4) is 0 Å². The van der Waals surface area contributed by atoms with Crippen molar-refractivity contribution < 1.29 is 9.59 Å². The van der Waals surface area contributed by atoms with Gasteiger partial charge in [-0.3, -0.25) is 19.4 Å². The van der Waals surface area contributed by atoms with E-state index in [1.807, 2.05) is 36.6 Å². The Morgan fingerprint density at radius 2 is 1.76 bits per heavy atom. The van der Waals surface area contributed by atoms with Gasteiger partial charge in [0.15, 0.2) is 0 Å². The molecule has 2 aliphatic heterocycles. The number of thiophene rings is 1. The molecule has 1 aromatic heterocycles. The Balaban J connectivity index is 0.00000140. The number of rotatable bonds is 2.